The van der Waals surface area contributed by atoms with Gasteiger partial charge in [0.1, 0.15) is 5.01 Å². The molecular weight excluding hydrogens is 208 g/mol. The molecule has 0 aliphatic carbocycles. The van der Waals surface area contributed by atoms with E-state index in [9.17, 15) is 0 Å². The molecule has 0 aromatic carbocycles. The van der Waals surface area contributed by atoms with Crippen molar-refractivity contribution in [1.29, 1.82) is 0 Å². The Bertz CT molecular complexity index is 432. The normalized spacial score (nSPS) is 13.0. The van der Waals surface area contributed by atoms with Crippen molar-refractivity contribution in [2.75, 3.05) is 6.54 Å². The minimum Gasteiger partial charge on any atom is -0.329 e. The second-order valence-electron chi connectivity index (χ2n) is 3.49. The average Bonchev–Trinajstić information content (AvgIpc) is 2.79. The molecule has 0 radical (unpaired) electrons. The Morgan fingerprint density at radius 1 is 1.60 bits per heavy atom. The Labute approximate surface area is 92.8 Å². The van der Waals surface area contributed by atoms with Crippen LogP contribution in [0.4, 0.5) is 0 Å². The first-order chi connectivity index (χ1) is 7.22. The maximum absolute atomic E-state index is 5.80. The molecule has 15 heavy (non-hydrogen) atoms. The van der Waals surface area contributed by atoms with E-state index < -0.39 is 0 Å². The van der Waals surface area contributed by atoms with Crippen LogP contribution in [0.15, 0.2) is 17.6 Å². The van der Waals surface area contributed by atoms with E-state index in [-0.39, 0.29) is 5.92 Å². The second-order valence-corrected chi connectivity index (χ2v) is 4.42. The van der Waals surface area contributed by atoms with Gasteiger partial charge in [-0.1, -0.05) is 0 Å². The van der Waals surface area contributed by atoms with Gasteiger partial charge in [0.25, 0.3) is 0 Å². The van der Waals surface area contributed by atoms with Gasteiger partial charge in [-0.05, 0) is 13.0 Å². The highest BCUT2D eigenvalue weighted by Gasteiger charge is 2.18. The standard InChI is InChI=1S/C10H14N4S/c1-7-5-9(14(2)13-7)8(6-11)10-12-3-4-15-10/h3-5,8H,6,11H2,1-2H3. The van der Waals surface area contributed by atoms with Crippen LogP contribution in [0.3, 0.4) is 0 Å². The molecule has 0 aliphatic rings. The maximum Gasteiger partial charge on any atom is 0.103 e. The molecular formula is C10H14N4S. The number of rotatable bonds is 3. The zero-order chi connectivity index (χ0) is 10.8. The van der Waals surface area contributed by atoms with Gasteiger partial charge in [0.15, 0.2) is 0 Å². The molecule has 5 heteroatoms. The molecule has 0 saturated heterocycles. The summed E-state index contributed by atoms with van der Waals surface area (Å²) < 4.78 is 1.88. The summed E-state index contributed by atoms with van der Waals surface area (Å²) in [5.74, 6) is 0.163. The highest BCUT2D eigenvalue weighted by molar-refractivity contribution is 7.09. The van der Waals surface area contributed by atoms with E-state index in [1.54, 1.807) is 11.3 Å². The van der Waals surface area contributed by atoms with Crippen LogP contribution in [0.5, 0.6) is 0 Å². The minimum atomic E-state index is 0.163. The molecule has 0 bridgehead atoms. The molecule has 0 amide bonds. The van der Waals surface area contributed by atoms with E-state index in [1.807, 2.05) is 30.2 Å². The van der Waals surface area contributed by atoms with Crippen molar-refractivity contribution in [3.63, 3.8) is 0 Å². The Morgan fingerprint density at radius 2 is 2.40 bits per heavy atom. The van der Waals surface area contributed by atoms with Crippen molar-refractivity contribution in [2.24, 2.45) is 12.8 Å². The first kappa shape index (κ1) is 10.3. The number of nitrogens with zero attached hydrogens (tertiary/aromatic N) is 3. The van der Waals surface area contributed by atoms with Crippen LogP contribution in [-0.4, -0.2) is 21.3 Å². The summed E-state index contributed by atoms with van der Waals surface area (Å²) in [5, 5.41) is 7.36. The Balaban J connectivity index is 2.39. The van der Waals surface area contributed by atoms with Gasteiger partial charge in [-0.15, -0.1) is 11.3 Å². The number of hydrogen-bond donors (Lipinski definition) is 1. The van der Waals surface area contributed by atoms with E-state index in [1.165, 1.54) is 0 Å². The first-order valence-electron chi connectivity index (χ1n) is 4.82. The van der Waals surface area contributed by atoms with Gasteiger partial charge in [-0.25, -0.2) is 4.98 Å². The van der Waals surface area contributed by atoms with E-state index in [0.717, 1.165) is 16.4 Å². The molecule has 0 saturated carbocycles. The fraction of sp³-hybridized carbons (Fsp3) is 0.400. The van der Waals surface area contributed by atoms with E-state index >= 15 is 0 Å². The van der Waals surface area contributed by atoms with Crippen molar-refractivity contribution in [3.05, 3.63) is 34.0 Å². The minimum absolute atomic E-state index is 0.163. The smallest absolute Gasteiger partial charge is 0.103 e. The molecule has 2 heterocycles. The third-order valence-electron chi connectivity index (χ3n) is 2.38. The number of aromatic nitrogens is 3. The third-order valence-corrected chi connectivity index (χ3v) is 3.27. The highest BCUT2D eigenvalue weighted by Crippen LogP contribution is 2.25. The third kappa shape index (κ3) is 1.93. The lowest BCUT2D eigenvalue weighted by Gasteiger charge is -2.11. The molecule has 2 aromatic rings. The number of thiazole rings is 1. The monoisotopic (exact) mass is 222 g/mol. The Kier molecular flexibility index (Phi) is 2.83. The zero-order valence-electron chi connectivity index (χ0n) is 8.84. The average molecular weight is 222 g/mol. The molecule has 0 fully saturated rings. The van der Waals surface area contributed by atoms with E-state index in [4.69, 9.17) is 5.73 Å². The summed E-state index contributed by atoms with van der Waals surface area (Å²) in [6.07, 6.45) is 1.81. The molecule has 1 atom stereocenters. The quantitative estimate of drug-likeness (QED) is 0.851. The van der Waals surface area contributed by atoms with Crippen LogP contribution in [0.2, 0.25) is 0 Å². The SMILES string of the molecule is Cc1cc(C(CN)c2nccs2)n(C)n1. The van der Waals surface area contributed by atoms with Crippen molar-refractivity contribution < 1.29 is 0 Å². The lowest BCUT2D eigenvalue weighted by Crippen LogP contribution is -2.16. The topological polar surface area (TPSA) is 56.7 Å². The van der Waals surface area contributed by atoms with Crippen LogP contribution in [0, 0.1) is 6.92 Å². The fourth-order valence-corrected chi connectivity index (χ4v) is 2.48. The Morgan fingerprint density at radius 3 is 2.87 bits per heavy atom. The summed E-state index contributed by atoms with van der Waals surface area (Å²) >= 11 is 1.64. The van der Waals surface area contributed by atoms with Crippen LogP contribution in [-0.2, 0) is 7.05 Å². The van der Waals surface area contributed by atoms with Crippen LogP contribution < -0.4 is 5.73 Å². The zero-order valence-corrected chi connectivity index (χ0v) is 9.66. The maximum atomic E-state index is 5.80. The lowest BCUT2D eigenvalue weighted by molar-refractivity contribution is 0.658. The predicted molar refractivity (Wildman–Crippen MR) is 61.0 cm³/mol. The summed E-state index contributed by atoms with van der Waals surface area (Å²) in [7, 11) is 1.94. The molecule has 2 rings (SSSR count). The molecule has 2 aromatic heterocycles. The summed E-state index contributed by atoms with van der Waals surface area (Å²) in [6.45, 7) is 2.55. The van der Waals surface area contributed by atoms with E-state index in [0.29, 0.717) is 6.54 Å². The summed E-state index contributed by atoms with van der Waals surface area (Å²) in [4.78, 5) is 4.31. The summed E-state index contributed by atoms with van der Waals surface area (Å²) in [6, 6.07) is 2.07. The van der Waals surface area contributed by atoms with Crippen molar-refractivity contribution in [1.82, 2.24) is 14.8 Å². The van der Waals surface area contributed by atoms with E-state index in [2.05, 4.69) is 16.1 Å². The molecule has 0 aliphatic heterocycles. The predicted octanol–water partition coefficient (Wildman–Crippen LogP) is 1.28. The molecule has 2 N–H and O–H groups in total. The lowest BCUT2D eigenvalue weighted by atomic mass is 10.1. The van der Waals surface area contributed by atoms with Gasteiger partial charge in [-0.2, -0.15) is 5.10 Å². The van der Waals surface area contributed by atoms with Crippen LogP contribution >= 0.6 is 11.3 Å². The van der Waals surface area contributed by atoms with Crippen molar-refractivity contribution >= 4 is 11.3 Å². The van der Waals surface area contributed by atoms with Gasteiger partial charge >= 0.3 is 0 Å². The van der Waals surface area contributed by atoms with Crippen molar-refractivity contribution in [3.8, 4) is 0 Å². The summed E-state index contributed by atoms with van der Waals surface area (Å²) in [5.41, 5.74) is 7.95. The molecule has 0 spiro atoms. The first-order valence-corrected chi connectivity index (χ1v) is 5.70. The highest BCUT2D eigenvalue weighted by atomic mass is 32.1. The fourth-order valence-electron chi connectivity index (χ4n) is 1.71. The number of aryl methyl sites for hydroxylation is 2. The van der Waals surface area contributed by atoms with Gasteiger partial charge in [-0.3, -0.25) is 4.68 Å². The number of hydrogen-bond acceptors (Lipinski definition) is 4. The largest absolute Gasteiger partial charge is 0.329 e. The van der Waals surface area contributed by atoms with Gasteiger partial charge < -0.3 is 5.73 Å². The molecule has 4 nitrogen and oxygen atoms in total. The van der Waals surface area contributed by atoms with Gasteiger partial charge in [0, 0.05) is 30.9 Å². The molecule has 1 unspecified atom stereocenters. The van der Waals surface area contributed by atoms with Crippen molar-refractivity contribution in [2.45, 2.75) is 12.8 Å². The molecule has 80 valence electrons. The van der Waals surface area contributed by atoms with Crippen LogP contribution in [0.1, 0.15) is 22.3 Å². The van der Waals surface area contributed by atoms with Gasteiger partial charge in [0.2, 0.25) is 0 Å². The Hall–Kier alpha value is -1.20. The number of nitrogens with two attached hydrogens (primary N) is 1. The second kappa shape index (κ2) is 4.12. The van der Waals surface area contributed by atoms with Crippen LogP contribution in [0.25, 0.3) is 0 Å². The van der Waals surface area contributed by atoms with Gasteiger partial charge in [0.05, 0.1) is 11.6 Å².